The molecule has 0 aliphatic rings. The average molecular weight is 1610 g/mol. The second-order valence-electron chi connectivity index (χ2n) is 32.7. The van der Waals surface area contributed by atoms with Crippen molar-refractivity contribution in [1.29, 1.82) is 0 Å². The Morgan fingerprint density at radius 1 is 0.218 bits per heavy atom. The Labute approximate surface area is 677 Å². The van der Waals surface area contributed by atoms with Gasteiger partial charge >= 0.3 is 39.5 Å². The highest BCUT2D eigenvalue weighted by Crippen LogP contribution is 2.45. The number of unbranched alkanes of at least 4 members (excludes halogenated alkanes) is 66. The predicted octanol–water partition coefficient (Wildman–Crippen LogP) is 28.5. The molecule has 0 aromatic heterocycles. The van der Waals surface area contributed by atoms with Gasteiger partial charge in [0.15, 0.2) is 12.2 Å². The molecule has 654 valence electrons. The number of hydrogen-bond acceptors (Lipinski definition) is 15. The molecule has 19 heteroatoms. The van der Waals surface area contributed by atoms with Crippen molar-refractivity contribution in [1.82, 2.24) is 0 Å². The van der Waals surface area contributed by atoms with Gasteiger partial charge in [-0.2, -0.15) is 0 Å². The van der Waals surface area contributed by atoms with Crippen LogP contribution in [0.2, 0.25) is 0 Å². The van der Waals surface area contributed by atoms with E-state index in [1.807, 2.05) is 0 Å². The number of carbonyl (C=O) groups excluding carboxylic acids is 4. The van der Waals surface area contributed by atoms with Crippen molar-refractivity contribution >= 4 is 39.5 Å². The molecule has 3 N–H and O–H groups in total. The fourth-order valence-electron chi connectivity index (χ4n) is 14.4. The first-order chi connectivity index (χ1) is 53.7. The molecular weight excluding hydrogens is 1430 g/mol. The van der Waals surface area contributed by atoms with E-state index >= 15 is 0 Å². The van der Waals surface area contributed by atoms with E-state index in [0.29, 0.717) is 25.7 Å². The van der Waals surface area contributed by atoms with Crippen LogP contribution in [-0.4, -0.2) is 96.7 Å². The maximum Gasteiger partial charge on any atom is 0.472 e. The van der Waals surface area contributed by atoms with E-state index in [1.54, 1.807) is 0 Å². The van der Waals surface area contributed by atoms with Gasteiger partial charge in [-0.1, -0.05) is 451 Å². The van der Waals surface area contributed by atoms with Gasteiger partial charge < -0.3 is 33.8 Å². The Morgan fingerprint density at radius 2 is 0.364 bits per heavy atom. The SMILES string of the molecule is CCCCCCCCCCCCCCCCCCCCCCCCC(=O)O[C@H](COC(=O)CCCCCCCCCCCCCCCCCCCCCC)COP(=O)(O)OC[C@@H](O)COP(=O)(O)OC[C@@H](COC(=O)CCCCCCCCCCCCC)OC(=O)CCCCCCCCCCCCCCCCCCC. The molecule has 0 aromatic rings. The van der Waals surface area contributed by atoms with Gasteiger partial charge in [0.05, 0.1) is 26.4 Å². The first-order valence-corrected chi connectivity index (χ1v) is 50.3. The van der Waals surface area contributed by atoms with Crippen LogP contribution in [0.15, 0.2) is 0 Å². The van der Waals surface area contributed by atoms with Crippen LogP contribution in [0.25, 0.3) is 0 Å². The summed E-state index contributed by atoms with van der Waals surface area (Å²) in [7, 11) is -9.93. The molecule has 0 amide bonds. The maximum absolute atomic E-state index is 13.2. The molecule has 0 saturated carbocycles. The van der Waals surface area contributed by atoms with Crippen molar-refractivity contribution in [2.45, 2.75) is 521 Å². The number of aliphatic hydroxyl groups is 1. The summed E-state index contributed by atoms with van der Waals surface area (Å²) in [6, 6.07) is 0. The third-order valence-electron chi connectivity index (χ3n) is 21.6. The summed E-state index contributed by atoms with van der Waals surface area (Å²) in [5.74, 6) is -2.09. The lowest BCUT2D eigenvalue weighted by Gasteiger charge is -2.21. The molecule has 0 rings (SSSR count). The quantitative estimate of drug-likeness (QED) is 0.0222. The predicted molar refractivity (Wildman–Crippen MR) is 455 cm³/mol. The van der Waals surface area contributed by atoms with Crippen LogP contribution in [0.1, 0.15) is 503 Å². The molecule has 0 spiro atoms. The highest BCUT2D eigenvalue weighted by molar-refractivity contribution is 7.47. The van der Waals surface area contributed by atoms with Crippen molar-refractivity contribution in [3.63, 3.8) is 0 Å². The Morgan fingerprint density at radius 3 is 0.536 bits per heavy atom. The lowest BCUT2D eigenvalue weighted by molar-refractivity contribution is -0.161. The van der Waals surface area contributed by atoms with Gasteiger partial charge in [-0.3, -0.25) is 37.3 Å². The topological polar surface area (TPSA) is 237 Å². The molecule has 0 fully saturated rings. The molecule has 0 heterocycles. The van der Waals surface area contributed by atoms with Gasteiger partial charge in [-0.05, 0) is 25.7 Å². The van der Waals surface area contributed by atoms with Crippen molar-refractivity contribution in [2.24, 2.45) is 0 Å². The number of hydrogen-bond donors (Lipinski definition) is 3. The standard InChI is InChI=1S/C91H178O17P2/c1-5-9-13-17-21-25-29-32-35-38-40-42-43-45-48-51-54-58-62-66-70-74-78-91(96)108-87(82-102-89(94)76-72-68-64-60-56-52-49-47-44-41-39-36-33-30-26-22-18-14-10-6-2)84-106-110(99,100)104-80-85(92)79-103-109(97,98)105-83-86(81-101-88(93)75-71-67-63-59-55-28-24-20-16-12-8-4)107-90(95)77-73-69-65-61-57-53-50-46-37-34-31-27-23-19-15-11-7-3/h85-87,92H,5-84H2,1-4H3,(H,97,98)(H,99,100)/t85-,86+,87+/m0/s1. The van der Waals surface area contributed by atoms with Gasteiger partial charge in [0.2, 0.25) is 0 Å². The number of phosphoric acid groups is 2. The molecule has 5 atom stereocenters. The van der Waals surface area contributed by atoms with Crippen LogP contribution < -0.4 is 0 Å². The third-order valence-corrected chi connectivity index (χ3v) is 23.5. The number of rotatable bonds is 92. The molecule has 0 aliphatic heterocycles. The van der Waals surface area contributed by atoms with E-state index in [0.717, 1.165) is 89.9 Å². The van der Waals surface area contributed by atoms with E-state index < -0.39 is 97.5 Å². The monoisotopic (exact) mass is 1610 g/mol. The van der Waals surface area contributed by atoms with Crippen molar-refractivity contribution < 1.29 is 80.2 Å². The third kappa shape index (κ3) is 84.0. The lowest BCUT2D eigenvalue weighted by Crippen LogP contribution is -2.30. The molecule has 17 nitrogen and oxygen atoms in total. The fraction of sp³-hybridized carbons (Fsp3) is 0.956. The summed E-state index contributed by atoms with van der Waals surface area (Å²) in [5, 5.41) is 10.7. The molecule has 0 saturated heterocycles. The van der Waals surface area contributed by atoms with Crippen LogP contribution in [0.5, 0.6) is 0 Å². The van der Waals surface area contributed by atoms with Crippen LogP contribution in [0, 0.1) is 0 Å². The zero-order valence-corrected chi connectivity index (χ0v) is 74.0. The second kappa shape index (κ2) is 85.0. The van der Waals surface area contributed by atoms with E-state index in [-0.39, 0.29) is 25.7 Å². The van der Waals surface area contributed by atoms with Gasteiger partial charge in [0.25, 0.3) is 0 Å². The first kappa shape index (κ1) is 108. The second-order valence-corrected chi connectivity index (χ2v) is 35.6. The Kier molecular flexibility index (Phi) is 83.5. The van der Waals surface area contributed by atoms with E-state index in [2.05, 4.69) is 27.7 Å². The van der Waals surface area contributed by atoms with Crippen LogP contribution in [0.3, 0.4) is 0 Å². The number of phosphoric ester groups is 2. The number of aliphatic hydroxyl groups excluding tert-OH is 1. The van der Waals surface area contributed by atoms with Crippen LogP contribution >= 0.6 is 15.6 Å². The van der Waals surface area contributed by atoms with Crippen molar-refractivity contribution in [3.8, 4) is 0 Å². The van der Waals surface area contributed by atoms with Crippen molar-refractivity contribution in [3.05, 3.63) is 0 Å². The van der Waals surface area contributed by atoms with E-state index in [4.69, 9.17) is 37.0 Å². The summed E-state index contributed by atoms with van der Waals surface area (Å²) in [6.07, 6.45) is 82.1. The molecule has 0 bridgehead atoms. The van der Waals surface area contributed by atoms with Crippen LogP contribution in [-0.2, 0) is 65.4 Å². The maximum atomic E-state index is 13.2. The number of ether oxygens (including phenoxy) is 4. The van der Waals surface area contributed by atoms with Gasteiger partial charge in [-0.25, -0.2) is 9.13 Å². The average Bonchev–Trinajstić information content (AvgIpc) is 0.908. The molecular formula is C91H178O17P2. The highest BCUT2D eigenvalue weighted by Gasteiger charge is 2.31. The Bertz CT molecular complexity index is 2070. The van der Waals surface area contributed by atoms with Crippen molar-refractivity contribution in [2.75, 3.05) is 39.6 Å². The molecule has 0 radical (unpaired) electrons. The van der Waals surface area contributed by atoms with Gasteiger partial charge in [-0.15, -0.1) is 0 Å². The molecule has 110 heavy (non-hydrogen) atoms. The Balaban J connectivity index is 5.22. The first-order valence-electron chi connectivity index (χ1n) is 47.3. The number of esters is 4. The largest absolute Gasteiger partial charge is 0.472 e. The lowest BCUT2D eigenvalue weighted by atomic mass is 10.0. The van der Waals surface area contributed by atoms with E-state index in [9.17, 15) is 43.2 Å². The minimum atomic E-state index is -4.97. The summed E-state index contributed by atoms with van der Waals surface area (Å²) >= 11 is 0. The zero-order valence-electron chi connectivity index (χ0n) is 72.3. The Hall–Kier alpha value is -1.94. The fourth-order valence-corrected chi connectivity index (χ4v) is 16.0. The molecule has 0 aromatic carbocycles. The molecule has 2 unspecified atom stereocenters. The molecule has 0 aliphatic carbocycles. The smallest absolute Gasteiger partial charge is 0.462 e. The highest BCUT2D eigenvalue weighted by atomic mass is 31.2. The number of carbonyl (C=O) groups is 4. The van der Waals surface area contributed by atoms with E-state index in [1.165, 1.54) is 334 Å². The zero-order chi connectivity index (χ0) is 80.3. The summed E-state index contributed by atoms with van der Waals surface area (Å²) in [4.78, 5) is 73.4. The summed E-state index contributed by atoms with van der Waals surface area (Å²) in [6.45, 7) is 5.08. The normalized spacial score (nSPS) is 13.6. The summed E-state index contributed by atoms with van der Waals surface area (Å²) in [5.41, 5.74) is 0. The minimum Gasteiger partial charge on any atom is -0.462 e. The summed E-state index contributed by atoms with van der Waals surface area (Å²) < 4.78 is 69.1. The van der Waals surface area contributed by atoms with Gasteiger partial charge in [0.1, 0.15) is 19.3 Å². The van der Waals surface area contributed by atoms with Gasteiger partial charge in [0, 0.05) is 25.7 Å². The minimum absolute atomic E-state index is 0.109. The van der Waals surface area contributed by atoms with Crippen LogP contribution in [0.4, 0.5) is 0 Å².